The molecule has 0 bridgehead atoms. The first kappa shape index (κ1) is 15.7. The van der Waals surface area contributed by atoms with Crippen LogP contribution in [0.15, 0.2) is 42.5 Å². The molecule has 0 spiro atoms. The highest BCUT2D eigenvalue weighted by Crippen LogP contribution is 2.42. The molecule has 0 saturated heterocycles. The van der Waals surface area contributed by atoms with Crippen LogP contribution < -0.4 is 0 Å². The van der Waals surface area contributed by atoms with Gasteiger partial charge >= 0.3 is 5.97 Å². The van der Waals surface area contributed by atoms with E-state index in [2.05, 4.69) is 22.8 Å². The number of aromatic nitrogens is 1. The molecule has 1 fully saturated rings. The van der Waals surface area contributed by atoms with Gasteiger partial charge in [-0.3, -0.25) is 0 Å². The van der Waals surface area contributed by atoms with E-state index >= 15 is 0 Å². The summed E-state index contributed by atoms with van der Waals surface area (Å²) in [5.41, 5.74) is 6.95. The lowest BCUT2D eigenvalue weighted by Gasteiger charge is -2.17. The highest BCUT2D eigenvalue weighted by atomic mass is 16.4. The predicted octanol–water partition coefficient (Wildman–Crippen LogP) is 5.14. The second-order valence-electron chi connectivity index (χ2n) is 7.73. The van der Waals surface area contributed by atoms with Crippen molar-refractivity contribution in [3.05, 3.63) is 70.4 Å². The van der Waals surface area contributed by atoms with Crippen molar-refractivity contribution in [2.75, 3.05) is 0 Å². The molecule has 1 saturated carbocycles. The zero-order valence-corrected chi connectivity index (χ0v) is 14.9. The molecular weight excluding hydrogens is 322 g/mol. The van der Waals surface area contributed by atoms with Crippen molar-refractivity contribution in [1.29, 1.82) is 0 Å². The summed E-state index contributed by atoms with van der Waals surface area (Å²) in [4.78, 5) is 11.6. The molecule has 2 aromatic carbocycles. The van der Waals surface area contributed by atoms with Crippen LogP contribution >= 0.6 is 0 Å². The van der Waals surface area contributed by atoms with E-state index in [1.165, 1.54) is 53.4 Å². The van der Waals surface area contributed by atoms with Crippen LogP contribution in [0.4, 0.5) is 0 Å². The molecule has 0 amide bonds. The van der Waals surface area contributed by atoms with E-state index in [1.807, 2.05) is 12.1 Å². The van der Waals surface area contributed by atoms with Gasteiger partial charge in [0.15, 0.2) is 0 Å². The van der Waals surface area contributed by atoms with E-state index in [0.29, 0.717) is 12.1 Å². The molecule has 1 heterocycles. The molecule has 26 heavy (non-hydrogen) atoms. The maximum absolute atomic E-state index is 11.6. The molecule has 3 heteroatoms. The van der Waals surface area contributed by atoms with Crippen LogP contribution in [0.5, 0.6) is 0 Å². The van der Waals surface area contributed by atoms with E-state index in [0.717, 1.165) is 24.3 Å². The summed E-state index contributed by atoms with van der Waals surface area (Å²) >= 11 is 0. The molecule has 2 aliphatic carbocycles. The fraction of sp³-hybridized carbons (Fsp3) is 0.348. The Morgan fingerprint density at radius 2 is 1.88 bits per heavy atom. The average Bonchev–Trinajstić information content (AvgIpc) is 3.47. The summed E-state index contributed by atoms with van der Waals surface area (Å²) in [5.74, 6) is -0.115. The highest BCUT2D eigenvalue weighted by molar-refractivity contribution is 5.90. The topological polar surface area (TPSA) is 42.2 Å². The maximum atomic E-state index is 11.6. The molecule has 1 aromatic heterocycles. The largest absolute Gasteiger partial charge is 0.478 e. The Hall–Kier alpha value is -2.55. The van der Waals surface area contributed by atoms with Gasteiger partial charge in [0.2, 0.25) is 0 Å². The van der Waals surface area contributed by atoms with Gasteiger partial charge in [-0.15, -0.1) is 0 Å². The molecule has 0 aliphatic heterocycles. The first-order chi connectivity index (χ1) is 12.7. The standard InChI is InChI=1S/C23H23NO2/c25-23(26)18-6-2-1-5-17(18)14-24-21-8-4-3-7-19(21)20-12-11-16(13-22(20)24)15-9-10-15/h1-2,5-6,11-13,15H,3-4,7-10,14H2,(H,25,26). The molecule has 0 atom stereocenters. The molecule has 2 aliphatic rings. The second-order valence-corrected chi connectivity index (χ2v) is 7.73. The Morgan fingerprint density at radius 1 is 1.08 bits per heavy atom. The van der Waals surface area contributed by atoms with Crippen LogP contribution in [-0.4, -0.2) is 15.6 Å². The number of carbonyl (C=O) groups is 1. The minimum Gasteiger partial charge on any atom is -0.478 e. The van der Waals surface area contributed by atoms with Crippen LogP contribution in [0, 0.1) is 0 Å². The number of carboxylic acid groups (broad SMARTS) is 1. The van der Waals surface area contributed by atoms with Gasteiger partial charge in [0, 0.05) is 23.1 Å². The van der Waals surface area contributed by atoms with Gasteiger partial charge in [0.05, 0.1) is 5.56 Å². The molecular formula is C23H23NO2. The van der Waals surface area contributed by atoms with Crippen LogP contribution in [-0.2, 0) is 19.4 Å². The van der Waals surface area contributed by atoms with Gasteiger partial charge < -0.3 is 9.67 Å². The third kappa shape index (κ3) is 2.54. The van der Waals surface area contributed by atoms with Gasteiger partial charge in [-0.1, -0.05) is 30.3 Å². The Balaban J connectivity index is 1.68. The third-order valence-electron chi connectivity index (χ3n) is 6.03. The Labute approximate surface area is 153 Å². The number of hydrogen-bond donors (Lipinski definition) is 1. The Bertz CT molecular complexity index is 1010. The van der Waals surface area contributed by atoms with Crippen LogP contribution in [0.3, 0.4) is 0 Å². The third-order valence-corrected chi connectivity index (χ3v) is 6.03. The first-order valence-corrected chi connectivity index (χ1v) is 9.67. The number of aryl methyl sites for hydroxylation is 1. The summed E-state index contributed by atoms with van der Waals surface area (Å²) in [7, 11) is 0. The van der Waals surface area contributed by atoms with Crippen molar-refractivity contribution in [3.63, 3.8) is 0 Å². The summed E-state index contributed by atoms with van der Waals surface area (Å²) in [6, 6.07) is 14.4. The minimum atomic E-state index is -0.843. The summed E-state index contributed by atoms with van der Waals surface area (Å²) in [6.45, 7) is 0.641. The van der Waals surface area contributed by atoms with Gasteiger partial charge in [0.1, 0.15) is 0 Å². The average molecular weight is 345 g/mol. The molecule has 1 N–H and O–H groups in total. The highest BCUT2D eigenvalue weighted by Gasteiger charge is 2.26. The molecule has 132 valence electrons. The summed E-state index contributed by atoms with van der Waals surface area (Å²) < 4.78 is 2.40. The molecule has 0 unspecified atom stereocenters. The lowest BCUT2D eigenvalue weighted by Crippen LogP contribution is -2.12. The van der Waals surface area contributed by atoms with Crippen LogP contribution in [0.1, 0.15) is 64.3 Å². The normalized spacial score (nSPS) is 16.6. The molecule has 3 aromatic rings. The lowest BCUT2D eigenvalue weighted by molar-refractivity contribution is 0.0695. The van der Waals surface area contributed by atoms with Crippen molar-refractivity contribution in [3.8, 4) is 0 Å². The monoisotopic (exact) mass is 345 g/mol. The molecule has 0 radical (unpaired) electrons. The number of carboxylic acids is 1. The Morgan fingerprint density at radius 3 is 2.69 bits per heavy atom. The van der Waals surface area contributed by atoms with Gasteiger partial charge in [-0.25, -0.2) is 4.79 Å². The Kier molecular flexibility index (Phi) is 3.63. The quantitative estimate of drug-likeness (QED) is 0.711. The molecule has 5 rings (SSSR count). The lowest BCUT2D eigenvalue weighted by atomic mass is 9.95. The number of aromatic carboxylic acids is 1. The summed E-state index contributed by atoms with van der Waals surface area (Å²) in [6.07, 6.45) is 7.31. The number of fused-ring (bicyclic) bond motifs is 3. The van der Waals surface area contributed by atoms with Crippen molar-refractivity contribution in [2.24, 2.45) is 0 Å². The predicted molar refractivity (Wildman–Crippen MR) is 103 cm³/mol. The van der Waals surface area contributed by atoms with Gasteiger partial charge in [-0.2, -0.15) is 0 Å². The number of nitrogens with zero attached hydrogens (tertiary/aromatic N) is 1. The SMILES string of the molecule is O=C(O)c1ccccc1Cn1c2c(c3ccc(C4CC4)cc31)CCCC2. The van der Waals surface area contributed by atoms with E-state index in [-0.39, 0.29) is 0 Å². The number of benzene rings is 2. The van der Waals surface area contributed by atoms with E-state index in [4.69, 9.17) is 0 Å². The number of hydrogen-bond acceptors (Lipinski definition) is 1. The maximum Gasteiger partial charge on any atom is 0.336 e. The zero-order chi connectivity index (χ0) is 17.7. The number of rotatable bonds is 4. The van der Waals surface area contributed by atoms with Gasteiger partial charge in [0.25, 0.3) is 0 Å². The van der Waals surface area contributed by atoms with E-state index < -0.39 is 5.97 Å². The van der Waals surface area contributed by atoms with Crippen LogP contribution in [0.2, 0.25) is 0 Å². The smallest absolute Gasteiger partial charge is 0.336 e. The summed E-state index contributed by atoms with van der Waals surface area (Å²) in [5, 5.41) is 10.9. The van der Waals surface area contributed by atoms with Gasteiger partial charge in [-0.05, 0) is 73.3 Å². The zero-order valence-electron chi connectivity index (χ0n) is 14.9. The molecule has 3 nitrogen and oxygen atoms in total. The second kappa shape index (κ2) is 6.01. The van der Waals surface area contributed by atoms with Crippen molar-refractivity contribution in [1.82, 2.24) is 4.57 Å². The van der Waals surface area contributed by atoms with Crippen molar-refractivity contribution < 1.29 is 9.90 Å². The van der Waals surface area contributed by atoms with E-state index in [9.17, 15) is 9.90 Å². The van der Waals surface area contributed by atoms with Crippen molar-refractivity contribution >= 4 is 16.9 Å². The minimum absolute atomic E-state index is 0.414. The fourth-order valence-corrected chi connectivity index (χ4v) is 4.54. The van der Waals surface area contributed by atoms with E-state index in [1.54, 1.807) is 12.1 Å². The fourth-order valence-electron chi connectivity index (χ4n) is 4.54. The first-order valence-electron chi connectivity index (χ1n) is 9.67. The van der Waals surface area contributed by atoms with Crippen LogP contribution in [0.25, 0.3) is 10.9 Å². The van der Waals surface area contributed by atoms with Crippen molar-refractivity contribution in [2.45, 2.75) is 51.0 Å².